The van der Waals surface area contributed by atoms with Crippen molar-refractivity contribution in [1.29, 1.82) is 0 Å². The third kappa shape index (κ3) is 9.46. The lowest BCUT2D eigenvalue weighted by atomic mass is 9.97. The Morgan fingerprint density at radius 2 is 1.43 bits per heavy atom. The fourth-order valence-corrected chi connectivity index (χ4v) is 4.65. The molecule has 1 aromatic heterocycles. The summed E-state index contributed by atoms with van der Waals surface area (Å²) in [5.74, 6) is -4.01. The Labute approximate surface area is 254 Å². The van der Waals surface area contributed by atoms with Gasteiger partial charge in [-0.15, -0.1) is 0 Å². The van der Waals surface area contributed by atoms with E-state index < -0.39 is 72.6 Å². The lowest BCUT2D eigenvalue weighted by Gasteiger charge is -2.44. The molecular weight excluding hydrogens is 578 g/mol. The highest BCUT2D eigenvalue weighted by atomic mass is 16.7. The second-order valence-corrected chi connectivity index (χ2v) is 11.2. The van der Waals surface area contributed by atoms with Crippen molar-refractivity contribution in [2.24, 2.45) is 0 Å². The van der Waals surface area contributed by atoms with Crippen molar-refractivity contribution >= 4 is 46.6 Å². The van der Waals surface area contributed by atoms with Crippen LogP contribution in [0.3, 0.4) is 0 Å². The maximum Gasteiger partial charge on any atom is 0.303 e. The predicted molar refractivity (Wildman–Crippen MR) is 153 cm³/mol. The summed E-state index contributed by atoms with van der Waals surface area (Å²) in [6.45, 7) is 9.58. The van der Waals surface area contributed by atoms with Crippen LogP contribution in [0.1, 0.15) is 64.5 Å². The zero-order chi connectivity index (χ0) is 32.8. The van der Waals surface area contributed by atoms with Crippen LogP contribution < -0.4 is 10.6 Å². The van der Waals surface area contributed by atoms with Gasteiger partial charge in [0.15, 0.2) is 24.5 Å². The molecule has 1 aliphatic rings. The summed E-state index contributed by atoms with van der Waals surface area (Å²) in [5, 5.41) is 6.12. The fourth-order valence-electron chi connectivity index (χ4n) is 4.65. The molecule has 14 nitrogen and oxygen atoms in total. The number of aromatic nitrogens is 1. The van der Waals surface area contributed by atoms with E-state index in [-0.39, 0.29) is 23.4 Å². The molecule has 5 atom stereocenters. The molecule has 0 bridgehead atoms. The van der Waals surface area contributed by atoms with Gasteiger partial charge in [-0.2, -0.15) is 0 Å². The largest absolute Gasteiger partial charge is 0.463 e. The van der Waals surface area contributed by atoms with E-state index in [0.717, 1.165) is 27.7 Å². The van der Waals surface area contributed by atoms with E-state index in [1.54, 1.807) is 24.3 Å². The highest BCUT2D eigenvalue weighted by Crippen LogP contribution is 2.29. The van der Waals surface area contributed by atoms with Crippen molar-refractivity contribution in [3.8, 4) is 0 Å². The molecule has 0 aliphatic carbocycles. The molecule has 14 heteroatoms. The van der Waals surface area contributed by atoms with Gasteiger partial charge in [-0.1, -0.05) is 18.2 Å². The molecule has 1 aromatic carbocycles. The summed E-state index contributed by atoms with van der Waals surface area (Å²) >= 11 is 0. The maximum absolute atomic E-state index is 13.7. The highest BCUT2D eigenvalue weighted by molar-refractivity contribution is 6.05. The van der Waals surface area contributed by atoms with Crippen LogP contribution in [-0.2, 0) is 54.1 Å². The normalized spacial score (nSPS) is 21.5. The minimum absolute atomic E-state index is 0.0249. The molecule has 238 valence electrons. The Balaban J connectivity index is 1.99. The molecule has 44 heavy (non-hydrogen) atoms. The van der Waals surface area contributed by atoms with Crippen LogP contribution in [0.4, 0.5) is 0 Å². The van der Waals surface area contributed by atoms with E-state index in [4.69, 9.17) is 23.7 Å². The van der Waals surface area contributed by atoms with Gasteiger partial charge in [-0.25, -0.2) is 0 Å². The molecule has 0 saturated carbocycles. The van der Waals surface area contributed by atoms with E-state index in [1.165, 1.54) is 6.07 Å². The standard InChI is InChI=1S/C30H37N3O11/c1-15(34)40-14-22-25(41-16(2)35)26(42-17(3)36)27(43-18(4)37)29(44-22)32-28(39)21-10-8-9-19-11-12-20(31-24(19)21)13-23(38)33-30(5,6)7/h8-12,22,25-27,29H,13-14H2,1-7H3,(H,32,39)(H,33,38)/t22-,25+,26+,27-,29-/m1/s1. The van der Waals surface area contributed by atoms with E-state index >= 15 is 0 Å². The maximum atomic E-state index is 13.7. The molecule has 1 saturated heterocycles. The second-order valence-electron chi connectivity index (χ2n) is 11.2. The Morgan fingerprint density at radius 1 is 0.818 bits per heavy atom. The monoisotopic (exact) mass is 615 g/mol. The molecule has 2 N–H and O–H groups in total. The number of fused-ring (bicyclic) bond motifs is 1. The lowest BCUT2D eigenvalue weighted by Crippen LogP contribution is -2.66. The van der Waals surface area contributed by atoms with Crippen molar-refractivity contribution in [3.63, 3.8) is 0 Å². The van der Waals surface area contributed by atoms with Crippen LogP contribution in [0.2, 0.25) is 0 Å². The number of hydrogen-bond donors (Lipinski definition) is 2. The highest BCUT2D eigenvalue weighted by Gasteiger charge is 2.52. The molecule has 1 aliphatic heterocycles. The smallest absolute Gasteiger partial charge is 0.303 e. The third-order valence-electron chi connectivity index (χ3n) is 6.14. The van der Waals surface area contributed by atoms with Crippen molar-refractivity contribution in [1.82, 2.24) is 15.6 Å². The number of amides is 2. The number of esters is 4. The van der Waals surface area contributed by atoms with Crippen molar-refractivity contribution in [2.45, 2.75) is 91.1 Å². The Kier molecular flexibility index (Phi) is 11.0. The minimum Gasteiger partial charge on any atom is -0.463 e. The van der Waals surface area contributed by atoms with E-state index in [9.17, 15) is 28.8 Å². The number of hydrogen-bond acceptors (Lipinski definition) is 12. The summed E-state index contributed by atoms with van der Waals surface area (Å²) in [6, 6.07) is 8.30. The fraction of sp³-hybridized carbons (Fsp3) is 0.500. The van der Waals surface area contributed by atoms with Gasteiger partial charge in [0, 0.05) is 38.6 Å². The van der Waals surface area contributed by atoms with Crippen LogP contribution >= 0.6 is 0 Å². The summed E-state index contributed by atoms with van der Waals surface area (Å²) in [5.41, 5.74) is 0.375. The van der Waals surface area contributed by atoms with Gasteiger partial charge in [0.1, 0.15) is 12.7 Å². The Morgan fingerprint density at radius 3 is 2.02 bits per heavy atom. The molecule has 0 spiro atoms. The topological polar surface area (TPSA) is 186 Å². The molecule has 1 fully saturated rings. The zero-order valence-corrected chi connectivity index (χ0v) is 25.6. The predicted octanol–water partition coefficient (Wildman–Crippen LogP) is 1.50. The van der Waals surface area contributed by atoms with Crippen LogP contribution in [0.15, 0.2) is 30.3 Å². The number of rotatable bonds is 9. The first-order valence-corrected chi connectivity index (χ1v) is 13.8. The van der Waals surface area contributed by atoms with Crippen LogP contribution in [0.5, 0.6) is 0 Å². The molecule has 0 radical (unpaired) electrons. The van der Waals surface area contributed by atoms with E-state index in [2.05, 4.69) is 15.6 Å². The molecule has 2 heterocycles. The number of carbonyl (C=O) groups is 6. The van der Waals surface area contributed by atoms with Crippen LogP contribution in [0.25, 0.3) is 10.9 Å². The average Bonchev–Trinajstić information content (AvgIpc) is 2.88. The number of pyridine rings is 1. The van der Waals surface area contributed by atoms with Crippen LogP contribution in [-0.4, -0.2) is 83.5 Å². The van der Waals surface area contributed by atoms with Crippen LogP contribution in [0, 0.1) is 0 Å². The number of benzene rings is 1. The summed E-state index contributed by atoms with van der Waals surface area (Å²) in [4.78, 5) is 78.5. The molecule has 2 amide bonds. The number of para-hydroxylation sites is 1. The van der Waals surface area contributed by atoms with Crippen molar-refractivity contribution in [3.05, 3.63) is 41.6 Å². The summed E-state index contributed by atoms with van der Waals surface area (Å²) in [7, 11) is 0. The number of ether oxygens (including phenoxy) is 5. The molecular formula is C30H37N3O11. The van der Waals surface area contributed by atoms with Gasteiger partial charge in [-0.05, 0) is 32.9 Å². The first kappa shape index (κ1) is 33.9. The lowest BCUT2D eigenvalue weighted by molar-refractivity contribution is -0.255. The van der Waals surface area contributed by atoms with E-state index in [0.29, 0.717) is 11.1 Å². The minimum atomic E-state index is -1.47. The van der Waals surface area contributed by atoms with Crippen molar-refractivity contribution in [2.75, 3.05) is 6.61 Å². The SMILES string of the molecule is CC(=O)OC[C@H]1O[C@@H](NC(=O)c2cccc3ccc(CC(=O)NC(C)(C)C)nc23)[C@H](OC(C)=O)[C@@H](OC(C)=O)[C@H]1OC(C)=O. The Hall–Kier alpha value is -4.59. The van der Waals surface area contributed by atoms with Gasteiger partial charge in [0.25, 0.3) is 5.91 Å². The number of nitrogens with zero attached hydrogens (tertiary/aromatic N) is 1. The second kappa shape index (κ2) is 14.3. The average molecular weight is 616 g/mol. The summed E-state index contributed by atoms with van der Waals surface area (Å²) in [6.07, 6.45) is -7.00. The molecule has 3 rings (SSSR count). The number of nitrogens with one attached hydrogen (secondary N) is 2. The van der Waals surface area contributed by atoms with E-state index in [1.807, 2.05) is 20.8 Å². The zero-order valence-electron chi connectivity index (χ0n) is 25.6. The Bertz CT molecular complexity index is 1440. The first-order valence-electron chi connectivity index (χ1n) is 13.8. The molecule has 2 aromatic rings. The number of carbonyl (C=O) groups excluding carboxylic acids is 6. The van der Waals surface area contributed by atoms with Gasteiger partial charge >= 0.3 is 23.9 Å². The third-order valence-corrected chi connectivity index (χ3v) is 6.14. The van der Waals surface area contributed by atoms with Gasteiger partial charge in [0.2, 0.25) is 5.91 Å². The summed E-state index contributed by atoms with van der Waals surface area (Å²) < 4.78 is 27.2. The molecule has 0 unspecified atom stereocenters. The van der Waals surface area contributed by atoms with Crippen molar-refractivity contribution < 1.29 is 52.5 Å². The van der Waals surface area contributed by atoms with Gasteiger partial charge in [0.05, 0.1) is 23.2 Å². The first-order chi connectivity index (χ1) is 20.5. The van der Waals surface area contributed by atoms with Gasteiger partial charge < -0.3 is 34.3 Å². The quantitative estimate of drug-likeness (QED) is 0.306. The van der Waals surface area contributed by atoms with Gasteiger partial charge in [-0.3, -0.25) is 33.8 Å².